The summed E-state index contributed by atoms with van der Waals surface area (Å²) in [5.41, 5.74) is 4.51. The molecular formula is C23H12Br3Cl3N2O3. The lowest BCUT2D eigenvalue weighted by molar-refractivity contribution is 0.0929. The number of carbonyl (C=O) groups excluding carboxylic acids is 1. The third-order valence-corrected chi connectivity index (χ3v) is 7.18. The fourth-order valence-electron chi connectivity index (χ4n) is 2.99. The maximum Gasteiger partial charge on any atom is 0.307 e. The zero-order valence-electron chi connectivity index (χ0n) is 16.8. The van der Waals surface area contributed by atoms with Gasteiger partial charge in [-0.15, -0.1) is 0 Å². The molecular weight excluding hydrogens is 698 g/mol. The predicted octanol–water partition coefficient (Wildman–Crippen LogP) is 9.02. The summed E-state index contributed by atoms with van der Waals surface area (Å²) in [5.74, 6) is 0.117. The van der Waals surface area contributed by atoms with Gasteiger partial charge in [0.15, 0.2) is 11.5 Å². The van der Waals surface area contributed by atoms with Crippen LogP contribution in [0.2, 0.25) is 15.1 Å². The van der Waals surface area contributed by atoms with Crippen molar-refractivity contribution in [3.8, 4) is 5.75 Å². The number of furan rings is 1. The standard InChI is InChI=1S/C23H12Br3Cl3N2O3/c24-14-6-13-7-20(34-21(13)16(26)8-14)23(32)31-30-9-12-3-15(25)22(19(29)5-12)33-10-11-1-2-17(27)18(28)4-11/h1-9H,10H2,(H,31,32)/b30-9-. The molecule has 174 valence electrons. The number of hydrazone groups is 1. The van der Waals surface area contributed by atoms with Crippen LogP contribution in [0.3, 0.4) is 0 Å². The SMILES string of the molecule is O=C(N/N=C\c1cc(Cl)c(OCc2ccc(Cl)c(Cl)c2)c(Br)c1)c1cc2cc(Br)cc(Br)c2o1. The van der Waals surface area contributed by atoms with E-state index in [0.717, 1.165) is 19.9 Å². The van der Waals surface area contributed by atoms with Gasteiger partial charge in [0.25, 0.3) is 0 Å². The maximum atomic E-state index is 12.4. The van der Waals surface area contributed by atoms with Crippen LogP contribution in [0.15, 0.2) is 71.5 Å². The van der Waals surface area contributed by atoms with Gasteiger partial charge in [-0.2, -0.15) is 5.10 Å². The summed E-state index contributed by atoms with van der Waals surface area (Å²) >= 11 is 28.7. The molecule has 34 heavy (non-hydrogen) atoms. The highest BCUT2D eigenvalue weighted by Crippen LogP contribution is 2.35. The Labute approximate surface area is 234 Å². The summed E-state index contributed by atoms with van der Waals surface area (Å²) < 4.78 is 13.7. The van der Waals surface area contributed by atoms with Gasteiger partial charge in [0.05, 0.1) is 30.2 Å². The molecule has 0 aliphatic heterocycles. The Morgan fingerprint density at radius 1 is 0.971 bits per heavy atom. The molecule has 1 amide bonds. The van der Waals surface area contributed by atoms with Gasteiger partial charge < -0.3 is 9.15 Å². The lowest BCUT2D eigenvalue weighted by Crippen LogP contribution is -2.16. The second-order valence-corrected chi connectivity index (χ2v) is 10.8. The van der Waals surface area contributed by atoms with Crippen molar-refractivity contribution in [1.82, 2.24) is 5.43 Å². The highest BCUT2D eigenvalue weighted by atomic mass is 79.9. The van der Waals surface area contributed by atoms with Crippen LogP contribution in [0.25, 0.3) is 11.0 Å². The van der Waals surface area contributed by atoms with Gasteiger partial charge >= 0.3 is 5.91 Å². The Morgan fingerprint density at radius 3 is 2.50 bits per heavy atom. The number of ether oxygens (including phenoxy) is 1. The van der Waals surface area contributed by atoms with E-state index in [0.29, 0.717) is 36.4 Å². The molecule has 5 nitrogen and oxygen atoms in total. The zero-order valence-corrected chi connectivity index (χ0v) is 23.9. The highest BCUT2D eigenvalue weighted by molar-refractivity contribution is 9.11. The first-order chi connectivity index (χ1) is 16.2. The summed E-state index contributed by atoms with van der Waals surface area (Å²) in [5, 5.41) is 6.07. The molecule has 0 spiro atoms. The van der Waals surface area contributed by atoms with E-state index in [-0.39, 0.29) is 12.4 Å². The number of nitrogens with zero attached hydrogens (tertiary/aromatic N) is 1. The van der Waals surface area contributed by atoms with Crippen molar-refractivity contribution in [2.45, 2.75) is 6.61 Å². The Balaban J connectivity index is 1.42. The molecule has 4 rings (SSSR count). The number of rotatable bonds is 6. The van der Waals surface area contributed by atoms with Crippen LogP contribution in [-0.2, 0) is 6.61 Å². The van der Waals surface area contributed by atoms with Crippen molar-refractivity contribution in [3.05, 3.63) is 93.9 Å². The highest BCUT2D eigenvalue weighted by Gasteiger charge is 2.14. The van der Waals surface area contributed by atoms with Gasteiger partial charge in [-0.05, 0) is 85.5 Å². The molecule has 0 saturated heterocycles. The van der Waals surface area contributed by atoms with E-state index in [1.165, 1.54) is 6.21 Å². The van der Waals surface area contributed by atoms with E-state index in [9.17, 15) is 4.79 Å². The van der Waals surface area contributed by atoms with Crippen LogP contribution in [0.1, 0.15) is 21.7 Å². The van der Waals surface area contributed by atoms with Crippen molar-refractivity contribution in [2.75, 3.05) is 0 Å². The van der Waals surface area contributed by atoms with Crippen LogP contribution in [0, 0.1) is 0 Å². The first kappa shape index (κ1) is 25.5. The van der Waals surface area contributed by atoms with E-state index >= 15 is 0 Å². The molecule has 0 unspecified atom stereocenters. The van der Waals surface area contributed by atoms with Crippen molar-refractivity contribution in [3.63, 3.8) is 0 Å². The second-order valence-electron chi connectivity index (χ2n) is 6.97. The van der Waals surface area contributed by atoms with Crippen LogP contribution in [0.4, 0.5) is 0 Å². The largest absolute Gasteiger partial charge is 0.486 e. The number of halogens is 6. The van der Waals surface area contributed by atoms with Crippen LogP contribution >= 0.6 is 82.6 Å². The fourth-order valence-corrected chi connectivity index (χ4v) is 5.63. The molecule has 4 aromatic rings. The molecule has 1 aromatic heterocycles. The summed E-state index contributed by atoms with van der Waals surface area (Å²) in [6, 6.07) is 14.0. The molecule has 0 aliphatic carbocycles. The average molecular weight is 710 g/mol. The molecule has 1 heterocycles. The minimum Gasteiger partial charge on any atom is -0.486 e. The zero-order chi connectivity index (χ0) is 24.4. The number of fused-ring (bicyclic) bond motifs is 1. The van der Waals surface area contributed by atoms with Gasteiger partial charge in [-0.25, -0.2) is 5.43 Å². The Bertz CT molecular complexity index is 1420. The van der Waals surface area contributed by atoms with Crippen LogP contribution in [-0.4, -0.2) is 12.1 Å². The van der Waals surface area contributed by atoms with Gasteiger partial charge in [0.2, 0.25) is 0 Å². The van der Waals surface area contributed by atoms with E-state index in [1.54, 1.807) is 30.3 Å². The maximum absolute atomic E-state index is 12.4. The molecule has 0 bridgehead atoms. The molecule has 1 N–H and O–H groups in total. The fraction of sp³-hybridized carbons (Fsp3) is 0.0435. The van der Waals surface area contributed by atoms with Crippen molar-refractivity contribution < 1.29 is 13.9 Å². The molecule has 0 fully saturated rings. The molecule has 3 aromatic carbocycles. The minimum atomic E-state index is -0.484. The Morgan fingerprint density at radius 2 is 1.76 bits per heavy atom. The molecule has 0 radical (unpaired) electrons. The number of hydrogen-bond donors (Lipinski definition) is 1. The van der Waals surface area contributed by atoms with Gasteiger partial charge in [-0.3, -0.25) is 4.79 Å². The van der Waals surface area contributed by atoms with Crippen molar-refractivity contribution >= 4 is 106 Å². The van der Waals surface area contributed by atoms with Crippen molar-refractivity contribution in [2.24, 2.45) is 5.10 Å². The lowest BCUT2D eigenvalue weighted by Gasteiger charge is -2.11. The van der Waals surface area contributed by atoms with Crippen molar-refractivity contribution in [1.29, 1.82) is 0 Å². The predicted molar refractivity (Wildman–Crippen MR) is 147 cm³/mol. The summed E-state index contributed by atoms with van der Waals surface area (Å²) in [6.07, 6.45) is 1.46. The smallest absolute Gasteiger partial charge is 0.307 e. The van der Waals surface area contributed by atoms with E-state index in [1.807, 2.05) is 18.2 Å². The first-order valence-electron chi connectivity index (χ1n) is 9.49. The van der Waals surface area contributed by atoms with E-state index < -0.39 is 5.91 Å². The number of nitrogens with one attached hydrogen (secondary N) is 1. The molecule has 0 saturated carbocycles. The summed E-state index contributed by atoms with van der Waals surface area (Å²) in [4.78, 5) is 12.4. The molecule has 11 heteroatoms. The van der Waals surface area contributed by atoms with E-state index in [4.69, 9.17) is 44.0 Å². The summed E-state index contributed by atoms with van der Waals surface area (Å²) in [7, 11) is 0. The van der Waals surface area contributed by atoms with Gasteiger partial charge in [0.1, 0.15) is 12.2 Å². The van der Waals surface area contributed by atoms with Gasteiger partial charge in [-0.1, -0.05) is 56.8 Å². The number of hydrogen-bond acceptors (Lipinski definition) is 4. The average Bonchev–Trinajstić information content (AvgIpc) is 3.20. The normalized spacial score (nSPS) is 11.4. The minimum absolute atomic E-state index is 0.135. The second kappa shape index (κ2) is 11.0. The molecule has 0 atom stereocenters. The topological polar surface area (TPSA) is 63.8 Å². The van der Waals surface area contributed by atoms with Crippen LogP contribution in [0.5, 0.6) is 5.75 Å². The number of carbonyl (C=O) groups is 1. The number of amides is 1. The molecule has 0 aliphatic rings. The third-order valence-electron chi connectivity index (χ3n) is 4.53. The van der Waals surface area contributed by atoms with Crippen LogP contribution < -0.4 is 10.2 Å². The van der Waals surface area contributed by atoms with Gasteiger partial charge in [0, 0.05) is 9.86 Å². The Kier molecular flexibility index (Phi) is 8.28. The quantitative estimate of drug-likeness (QED) is 0.161. The number of benzene rings is 3. The Hall–Kier alpha value is -1.55. The summed E-state index contributed by atoms with van der Waals surface area (Å²) in [6.45, 7) is 0.253. The monoisotopic (exact) mass is 706 g/mol. The third kappa shape index (κ3) is 5.98. The lowest BCUT2D eigenvalue weighted by atomic mass is 10.2. The van der Waals surface area contributed by atoms with E-state index in [2.05, 4.69) is 58.3 Å². The first-order valence-corrected chi connectivity index (χ1v) is 13.0.